The summed E-state index contributed by atoms with van der Waals surface area (Å²) < 4.78 is 12.0. The number of nitrogens with one attached hydrogen (secondary N) is 2. The molecule has 36 heavy (non-hydrogen) atoms. The van der Waals surface area contributed by atoms with Crippen LogP contribution in [0.1, 0.15) is 43.1 Å². The lowest BCUT2D eigenvalue weighted by molar-refractivity contribution is 0.00918. The minimum atomic E-state index is -0.296. The summed E-state index contributed by atoms with van der Waals surface area (Å²) in [5.41, 5.74) is 2.00. The maximum absolute atomic E-state index is 13.3. The molecule has 2 N–H and O–H groups in total. The van der Waals surface area contributed by atoms with E-state index in [0.717, 1.165) is 18.5 Å². The first-order valence-corrected chi connectivity index (χ1v) is 12.4. The Bertz CT molecular complexity index is 1010. The fourth-order valence-corrected chi connectivity index (χ4v) is 4.20. The Kier molecular flexibility index (Phi) is 10.0. The highest BCUT2D eigenvalue weighted by molar-refractivity contribution is 5.98. The standard InChI is InChI=1S/C26H38N6O4/c1-6-9-29-26(34)30-21-7-8-22-23(10-21)36-16-19(3)32(14-20-11-27-17-28-12-20)13-18(2)24(35-5)15-31(4)25(22)33/h7-8,10-12,17-19,24H,6,9,13-16H2,1-5H3,(H2,29,30,34)/t18-,19+,24-/m0/s1. The first-order chi connectivity index (χ1) is 17.3. The monoisotopic (exact) mass is 498 g/mol. The van der Waals surface area contributed by atoms with Crippen molar-refractivity contribution >= 4 is 17.6 Å². The van der Waals surface area contributed by atoms with Crippen LogP contribution < -0.4 is 15.4 Å². The van der Waals surface area contributed by atoms with Gasteiger partial charge in [0.2, 0.25) is 0 Å². The largest absolute Gasteiger partial charge is 0.491 e. The Labute approximate surface area is 213 Å². The van der Waals surface area contributed by atoms with Crippen LogP contribution in [0.5, 0.6) is 5.75 Å². The van der Waals surface area contributed by atoms with Crippen LogP contribution in [0.3, 0.4) is 0 Å². The average Bonchev–Trinajstić information content (AvgIpc) is 2.88. The number of hydrogen-bond acceptors (Lipinski definition) is 7. The summed E-state index contributed by atoms with van der Waals surface area (Å²) in [6.07, 6.45) is 5.85. The van der Waals surface area contributed by atoms with E-state index in [2.05, 4.69) is 39.3 Å². The third-order valence-corrected chi connectivity index (χ3v) is 6.37. The molecule has 0 spiro atoms. The molecule has 1 aromatic heterocycles. The molecule has 2 aromatic rings. The number of nitrogens with zero attached hydrogens (tertiary/aromatic N) is 4. The van der Waals surface area contributed by atoms with Crippen LogP contribution in [-0.2, 0) is 11.3 Å². The smallest absolute Gasteiger partial charge is 0.319 e. The molecule has 0 unspecified atom stereocenters. The van der Waals surface area contributed by atoms with Crippen LogP contribution >= 0.6 is 0 Å². The zero-order valence-corrected chi connectivity index (χ0v) is 21.9. The van der Waals surface area contributed by atoms with Crippen LogP contribution in [0.15, 0.2) is 36.9 Å². The zero-order chi connectivity index (χ0) is 26.1. The summed E-state index contributed by atoms with van der Waals surface area (Å²) in [6.45, 7) is 8.99. The molecule has 0 saturated carbocycles. The van der Waals surface area contributed by atoms with Gasteiger partial charge in [0.05, 0.1) is 11.7 Å². The van der Waals surface area contributed by atoms with Gasteiger partial charge in [0, 0.05) is 76.1 Å². The number of carbonyl (C=O) groups is 2. The van der Waals surface area contributed by atoms with E-state index in [4.69, 9.17) is 9.47 Å². The third-order valence-electron chi connectivity index (χ3n) is 6.37. The normalized spacial score (nSPS) is 21.5. The van der Waals surface area contributed by atoms with Gasteiger partial charge in [-0.05, 0) is 31.4 Å². The van der Waals surface area contributed by atoms with Crippen LogP contribution in [0, 0.1) is 5.92 Å². The SMILES string of the molecule is CCCNC(=O)Nc1ccc2c(c1)OC[C@@H](C)N(Cc1cncnc1)C[C@H](C)[C@@H](OC)CN(C)C2=O. The number of benzene rings is 1. The molecule has 10 heteroatoms. The van der Waals surface area contributed by atoms with Gasteiger partial charge < -0.3 is 25.0 Å². The second-order valence-electron chi connectivity index (χ2n) is 9.37. The van der Waals surface area contributed by atoms with Crippen LogP contribution in [-0.4, -0.2) is 84.3 Å². The van der Waals surface area contributed by atoms with Crippen molar-refractivity contribution in [3.05, 3.63) is 48.0 Å². The number of methoxy groups -OCH3 is 1. The molecule has 196 valence electrons. The molecule has 0 radical (unpaired) electrons. The number of hydrogen-bond donors (Lipinski definition) is 2. The molecule has 3 amide bonds. The van der Waals surface area contributed by atoms with Crippen molar-refractivity contribution < 1.29 is 19.1 Å². The fourth-order valence-electron chi connectivity index (χ4n) is 4.20. The Balaban J connectivity index is 1.90. The second kappa shape index (κ2) is 13.2. The lowest BCUT2D eigenvalue weighted by Gasteiger charge is -2.36. The van der Waals surface area contributed by atoms with Crippen molar-refractivity contribution in [2.75, 3.05) is 45.7 Å². The third kappa shape index (κ3) is 7.38. The van der Waals surface area contributed by atoms with Gasteiger partial charge in [-0.1, -0.05) is 13.8 Å². The highest BCUT2D eigenvalue weighted by atomic mass is 16.5. The van der Waals surface area contributed by atoms with Crippen molar-refractivity contribution in [2.24, 2.45) is 5.92 Å². The van der Waals surface area contributed by atoms with Crippen molar-refractivity contribution in [1.82, 2.24) is 25.1 Å². The van der Waals surface area contributed by atoms with E-state index in [9.17, 15) is 9.59 Å². The van der Waals surface area contributed by atoms with E-state index >= 15 is 0 Å². The maximum Gasteiger partial charge on any atom is 0.319 e. The van der Waals surface area contributed by atoms with Gasteiger partial charge in [0.25, 0.3) is 5.91 Å². The Morgan fingerprint density at radius 2 is 1.97 bits per heavy atom. The number of carbonyl (C=O) groups excluding carboxylic acids is 2. The van der Waals surface area contributed by atoms with E-state index in [0.29, 0.717) is 43.2 Å². The predicted molar refractivity (Wildman–Crippen MR) is 138 cm³/mol. The lowest BCUT2D eigenvalue weighted by Crippen LogP contribution is -2.46. The number of fused-ring (bicyclic) bond motifs is 1. The Hall–Kier alpha value is -3.24. The highest BCUT2D eigenvalue weighted by Gasteiger charge is 2.28. The van der Waals surface area contributed by atoms with Crippen molar-refractivity contribution in [3.8, 4) is 5.75 Å². The summed E-state index contributed by atoms with van der Waals surface area (Å²) in [5.74, 6) is 0.426. The minimum Gasteiger partial charge on any atom is -0.491 e. The quantitative estimate of drug-likeness (QED) is 0.630. The minimum absolute atomic E-state index is 0.0229. The Morgan fingerprint density at radius 1 is 1.22 bits per heavy atom. The van der Waals surface area contributed by atoms with Gasteiger partial charge in [-0.3, -0.25) is 9.69 Å². The average molecular weight is 499 g/mol. The lowest BCUT2D eigenvalue weighted by atomic mass is 10.0. The highest BCUT2D eigenvalue weighted by Crippen LogP contribution is 2.27. The molecule has 0 fully saturated rings. The zero-order valence-electron chi connectivity index (χ0n) is 21.9. The number of aromatic nitrogens is 2. The molecule has 1 aromatic carbocycles. The van der Waals surface area contributed by atoms with Gasteiger partial charge in [-0.15, -0.1) is 0 Å². The van der Waals surface area contributed by atoms with E-state index in [1.165, 1.54) is 6.33 Å². The molecular weight excluding hydrogens is 460 g/mol. The molecule has 0 aliphatic carbocycles. The molecular formula is C26H38N6O4. The number of anilines is 1. The van der Waals surface area contributed by atoms with Crippen LogP contribution in [0.4, 0.5) is 10.5 Å². The number of ether oxygens (including phenoxy) is 2. The molecule has 2 heterocycles. The first-order valence-electron chi connectivity index (χ1n) is 12.4. The number of urea groups is 1. The van der Waals surface area contributed by atoms with Crippen molar-refractivity contribution in [2.45, 2.75) is 45.9 Å². The number of rotatable bonds is 6. The van der Waals surface area contributed by atoms with Gasteiger partial charge in [-0.25, -0.2) is 14.8 Å². The molecule has 10 nitrogen and oxygen atoms in total. The van der Waals surface area contributed by atoms with E-state index in [1.807, 2.05) is 19.3 Å². The molecule has 0 saturated heterocycles. The molecule has 1 aliphatic rings. The number of likely N-dealkylation sites (N-methyl/N-ethyl adjacent to an activating group) is 1. The summed E-state index contributed by atoms with van der Waals surface area (Å²) >= 11 is 0. The van der Waals surface area contributed by atoms with Gasteiger partial charge >= 0.3 is 6.03 Å². The summed E-state index contributed by atoms with van der Waals surface area (Å²) in [5, 5.41) is 5.60. The van der Waals surface area contributed by atoms with E-state index < -0.39 is 0 Å². The molecule has 3 atom stereocenters. The van der Waals surface area contributed by atoms with Gasteiger partial charge in [-0.2, -0.15) is 0 Å². The van der Waals surface area contributed by atoms with Gasteiger partial charge in [0.15, 0.2) is 0 Å². The van der Waals surface area contributed by atoms with Crippen molar-refractivity contribution in [3.63, 3.8) is 0 Å². The van der Waals surface area contributed by atoms with E-state index in [-0.39, 0.29) is 30.0 Å². The molecule has 0 bridgehead atoms. The predicted octanol–water partition coefficient (Wildman–Crippen LogP) is 3.01. The first kappa shape index (κ1) is 27.3. The van der Waals surface area contributed by atoms with Gasteiger partial charge in [0.1, 0.15) is 18.7 Å². The van der Waals surface area contributed by atoms with E-state index in [1.54, 1.807) is 37.3 Å². The summed E-state index contributed by atoms with van der Waals surface area (Å²) in [6, 6.07) is 4.85. The number of amides is 3. The Morgan fingerprint density at radius 3 is 2.67 bits per heavy atom. The molecule has 1 aliphatic heterocycles. The fraction of sp³-hybridized carbons (Fsp3) is 0.538. The topological polar surface area (TPSA) is 109 Å². The summed E-state index contributed by atoms with van der Waals surface area (Å²) in [4.78, 5) is 37.8. The molecule has 3 rings (SSSR count). The van der Waals surface area contributed by atoms with Crippen molar-refractivity contribution in [1.29, 1.82) is 0 Å². The second-order valence-corrected chi connectivity index (χ2v) is 9.37. The van der Waals surface area contributed by atoms with Crippen LogP contribution in [0.25, 0.3) is 0 Å². The van der Waals surface area contributed by atoms with Crippen LogP contribution in [0.2, 0.25) is 0 Å². The maximum atomic E-state index is 13.3. The summed E-state index contributed by atoms with van der Waals surface area (Å²) in [7, 11) is 3.45.